The molecule has 2 heteroatoms. The van der Waals surface area contributed by atoms with Gasteiger partial charge in [-0.1, -0.05) is 163 Å². The second-order valence-electron chi connectivity index (χ2n) is 12.2. The predicted octanol–water partition coefficient (Wildman–Crippen LogP) is 12.6. The van der Waals surface area contributed by atoms with E-state index in [-0.39, 0.29) is 5.41 Å². The van der Waals surface area contributed by atoms with Crippen molar-refractivity contribution in [3.63, 3.8) is 0 Å². The van der Waals surface area contributed by atoms with E-state index in [1.807, 2.05) is 23.5 Å². The lowest BCUT2D eigenvalue weighted by Gasteiger charge is -2.29. The Morgan fingerprint density at radius 1 is 0.500 bits per heavy atom. The maximum absolute atomic E-state index is 2.48. The van der Waals surface area contributed by atoms with E-state index in [1.165, 1.54) is 80.4 Å². The van der Waals surface area contributed by atoms with E-state index in [0.29, 0.717) is 0 Å². The Hall–Kier alpha value is -4.76. The SMILES string of the molecule is CC1(c2ccccc2)c2cc(-c3ccc(/C=C/c4ccccc4)c4ccccc34)ccc2-c2c1ccc1c2Sc2ccccc2S1. The zero-order valence-electron chi connectivity index (χ0n) is 25.4. The van der Waals surface area contributed by atoms with Crippen LogP contribution >= 0.6 is 23.5 Å². The predicted molar refractivity (Wildman–Crippen MR) is 197 cm³/mol. The fraction of sp³-hybridized carbons (Fsp3) is 0.0455. The topological polar surface area (TPSA) is 0 Å². The van der Waals surface area contributed by atoms with Crippen LogP contribution in [0.3, 0.4) is 0 Å². The minimum atomic E-state index is -0.271. The summed E-state index contributed by atoms with van der Waals surface area (Å²) in [6, 6.07) is 55.8. The maximum atomic E-state index is 2.48. The van der Waals surface area contributed by atoms with Gasteiger partial charge in [0.15, 0.2) is 0 Å². The highest BCUT2D eigenvalue weighted by atomic mass is 32.2. The van der Waals surface area contributed by atoms with Crippen LogP contribution in [0.2, 0.25) is 0 Å². The van der Waals surface area contributed by atoms with Crippen LogP contribution in [0.1, 0.15) is 34.7 Å². The average Bonchev–Trinajstić information content (AvgIpc) is 3.39. The van der Waals surface area contributed by atoms with Gasteiger partial charge in [0.25, 0.3) is 0 Å². The van der Waals surface area contributed by atoms with E-state index in [1.54, 1.807) is 0 Å². The van der Waals surface area contributed by atoms with E-state index < -0.39 is 0 Å². The van der Waals surface area contributed by atoms with Crippen LogP contribution in [0.5, 0.6) is 0 Å². The Labute approximate surface area is 278 Å². The minimum Gasteiger partial charge on any atom is -0.0877 e. The molecule has 0 spiro atoms. The van der Waals surface area contributed by atoms with Crippen molar-refractivity contribution < 1.29 is 0 Å². The Morgan fingerprint density at radius 3 is 1.98 bits per heavy atom. The minimum absolute atomic E-state index is 0.271. The summed E-state index contributed by atoms with van der Waals surface area (Å²) in [6.07, 6.45) is 4.44. The molecule has 9 rings (SSSR count). The third-order valence-corrected chi connectivity index (χ3v) is 12.2. The Morgan fingerprint density at radius 2 is 1.17 bits per heavy atom. The smallest absolute Gasteiger partial charge is 0.0436 e. The molecule has 46 heavy (non-hydrogen) atoms. The molecule has 0 amide bonds. The molecule has 0 N–H and O–H groups in total. The van der Waals surface area contributed by atoms with Gasteiger partial charge in [-0.3, -0.25) is 0 Å². The van der Waals surface area contributed by atoms with Crippen molar-refractivity contribution in [2.24, 2.45) is 0 Å². The van der Waals surface area contributed by atoms with Crippen molar-refractivity contribution in [3.05, 3.63) is 179 Å². The first kappa shape index (κ1) is 27.5. The van der Waals surface area contributed by atoms with Gasteiger partial charge in [0, 0.05) is 30.6 Å². The van der Waals surface area contributed by atoms with Crippen molar-refractivity contribution in [3.8, 4) is 22.3 Å². The average molecular weight is 623 g/mol. The molecule has 0 saturated heterocycles. The highest BCUT2D eigenvalue weighted by molar-refractivity contribution is 8.05. The second kappa shape index (κ2) is 10.9. The Bertz CT molecular complexity index is 2320. The molecule has 0 aromatic heterocycles. The molecule has 7 aromatic rings. The second-order valence-corrected chi connectivity index (χ2v) is 14.3. The van der Waals surface area contributed by atoms with Crippen LogP contribution in [-0.4, -0.2) is 0 Å². The standard InChI is InChI=1S/C44H30S2/c1-44(32-14-6-3-7-15-32)37-26-27-41-43(46-40-19-11-10-18-39(40)45-41)42(37)36-25-23-31(28-38(36)44)34-24-22-30(33-16-8-9-17-35(33)34)21-20-29-12-4-2-5-13-29/h2-28H,1H3/b21-20+. The van der Waals surface area contributed by atoms with Crippen LogP contribution in [0.15, 0.2) is 171 Å². The lowest BCUT2D eigenvalue weighted by atomic mass is 9.74. The van der Waals surface area contributed by atoms with E-state index in [4.69, 9.17) is 0 Å². The summed E-state index contributed by atoms with van der Waals surface area (Å²) in [6.45, 7) is 2.42. The molecular formula is C44H30S2. The fourth-order valence-corrected chi connectivity index (χ4v) is 9.73. The first-order valence-corrected chi connectivity index (χ1v) is 17.4. The van der Waals surface area contributed by atoms with Crippen LogP contribution in [0.4, 0.5) is 0 Å². The Kier molecular flexibility index (Phi) is 6.55. The van der Waals surface area contributed by atoms with Gasteiger partial charge >= 0.3 is 0 Å². The van der Waals surface area contributed by atoms with Crippen LogP contribution in [0, 0.1) is 0 Å². The van der Waals surface area contributed by atoms with E-state index >= 15 is 0 Å². The molecule has 0 nitrogen and oxygen atoms in total. The number of rotatable bonds is 4. The van der Waals surface area contributed by atoms with Crippen molar-refractivity contribution in [2.45, 2.75) is 31.9 Å². The highest BCUT2D eigenvalue weighted by Crippen LogP contribution is 2.60. The molecule has 0 fully saturated rings. The van der Waals surface area contributed by atoms with Crippen molar-refractivity contribution in [1.82, 2.24) is 0 Å². The third-order valence-electron chi connectivity index (χ3n) is 9.64. The zero-order chi connectivity index (χ0) is 30.7. The molecule has 0 saturated carbocycles. The van der Waals surface area contributed by atoms with Gasteiger partial charge < -0.3 is 0 Å². The van der Waals surface area contributed by atoms with Gasteiger partial charge in [0.1, 0.15) is 0 Å². The van der Waals surface area contributed by atoms with E-state index in [2.05, 4.69) is 171 Å². The largest absolute Gasteiger partial charge is 0.0877 e. The summed E-state index contributed by atoms with van der Waals surface area (Å²) >= 11 is 3.83. The zero-order valence-corrected chi connectivity index (χ0v) is 27.0. The van der Waals surface area contributed by atoms with Gasteiger partial charge in [-0.05, 0) is 86.5 Å². The monoisotopic (exact) mass is 622 g/mol. The molecule has 1 aliphatic carbocycles. The molecule has 0 radical (unpaired) electrons. The molecule has 1 aliphatic heterocycles. The van der Waals surface area contributed by atoms with Crippen LogP contribution < -0.4 is 0 Å². The normalized spacial score (nSPS) is 16.2. The maximum Gasteiger partial charge on any atom is 0.0436 e. The van der Waals surface area contributed by atoms with Crippen molar-refractivity contribution in [2.75, 3.05) is 0 Å². The summed E-state index contributed by atoms with van der Waals surface area (Å²) in [5.41, 5.74) is 11.5. The van der Waals surface area contributed by atoms with Gasteiger partial charge in [-0.25, -0.2) is 0 Å². The quantitative estimate of drug-likeness (QED) is 0.179. The molecule has 7 aromatic carbocycles. The van der Waals surface area contributed by atoms with Crippen LogP contribution in [0.25, 0.3) is 45.2 Å². The highest BCUT2D eigenvalue weighted by Gasteiger charge is 2.43. The molecule has 218 valence electrons. The number of hydrogen-bond donors (Lipinski definition) is 0. The van der Waals surface area contributed by atoms with Crippen molar-refractivity contribution >= 4 is 46.4 Å². The summed E-state index contributed by atoms with van der Waals surface area (Å²) in [5, 5.41) is 2.54. The first-order valence-electron chi connectivity index (χ1n) is 15.8. The van der Waals surface area contributed by atoms with Crippen LogP contribution in [-0.2, 0) is 5.41 Å². The lowest BCUT2D eigenvalue weighted by molar-refractivity contribution is 0.712. The Balaban J connectivity index is 1.22. The number of hydrogen-bond acceptors (Lipinski definition) is 2. The molecule has 1 unspecified atom stereocenters. The lowest BCUT2D eigenvalue weighted by Crippen LogP contribution is -2.22. The fourth-order valence-electron chi connectivity index (χ4n) is 7.32. The molecule has 1 heterocycles. The summed E-state index contributed by atoms with van der Waals surface area (Å²) in [4.78, 5) is 5.41. The molecule has 0 bridgehead atoms. The number of benzene rings is 7. The molecule has 1 atom stereocenters. The van der Waals surface area contributed by atoms with Gasteiger partial charge in [-0.2, -0.15) is 0 Å². The summed E-state index contributed by atoms with van der Waals surface area (Å²) < 4.78 is 0. The summed E-state index contributed by atoms with van der Waals surface area (Å²) in [5.74, 6) is 0. The third kappa shape index (κ3) is 4.32. The van der Waals surface area contributed by atoms with Gasteiger partial charge in [0.2, 0.25) is 0 Å². The van der Waals surface area contributed by atoms with E-state index in [9.17, 15) is 0 Å². The van der Waals surface area contributed by atoms with Gasteiger partial charge in [-0.15, -0.1) is 0 Å². The molecule has 2 aliphatic rings. The van der Waals surface area contributed by atoms with Crippen molar-refractivity contribution in [1.29, 1.82) is 0 Å². The first-order chi connectivity index (χ1) is 22.7. The van der Waals surface area contributed by atoms with E-state index in [0.717, 1.165) is 0 Å². The summed E-state index contributed by atoms with van der Waals surface area (Å²) in [7, 11) is 0. The van der Waals surface area contributed by atoms with Gasteiger partial charge in [0.05, 0.1) is 0 Å². The number of fused-ring (bicyclic) bond motifs is 7. The molecular weight excluding hydrogens is 593 g/mol.